The topological polar surface area (TPSA) is 105 Å². The summed E-state index contributed by atoms with van der Waals surface area (Å²) in [5, 5.41) is 2.68. The average molecular weight is 505 g/mol. The predicted molar refractivity (Wildman–Crippen MR) is 119 cm³/mol. The lowest BCUT2D eigenvalue weighted by Gasteiger charge is -2.40. The first-order chi connectivity index (χ1) is 16.2. The number of hydrogen-bond donors (Lipinski definition) is 2. The summed E-state index contributed by atoms with van der Waals surface area (Å²) in [5.74, 6) is -3.45. The van der Waals surface area contributed by atoms with E-state index in [-0.39, 0.29) is 48.3 Å². The number of carbonyl (C=O) groups excluding carboxylic acids is 1. The second kappa shape index (κ2) is 10.4. The van der Waals surface area contributed by atoms with E-state index in [1.54, 1.807) is 9.21 Å². The third-order valence-electron chi connectivity index (χ3n) is 7.11. The van der Waals surface area contributed by atoms with Crippen LogP contribution in [0.1, 0.15) is 31.2 Å². The van der Waals surface area contributed by atoms with Crippen molar-refractivity contribution in [2.24, 2.45) is 11.7 Å². The predicted octanol–water partition coefficient (Wildman–Crippen LogP) is 1.59. The lowest BCUT2D eigenvalue weighted by molar-refractivity contribution is 0.0533. The van der Waals surface area contributed by atoms with E-state index in [9.17, 15) is 26.4 Å². The van der Waals surface area contributed by atoms with Gasteiger partial charge in [0.15, 0.2) is 11.6 Å². The molecule has 12 heteroatoms. The van der Waals surface area contributed by atoms with Gasteiger partial charge >= 0.3 is 6.03 Å². The fourth-order valence-electron chi connectivity index (χ4n) is 5.39. The van der Waals surface area contributed by atoms with Gasteiger partial charge in [0.05, 0.1) is 19.0 Å². The van der Waals surface area contributed by atoms with Crippen LogP contribution in [0.2, 0.25) is 0 Å². The SMILES string of the molecule is NC(Cc1cc(F)c(F)cc1F)C1C[C@H]2CC[C@@H](C1)N2S(=O)(=O)CCNC(=O)N1CCOCC1. The molecular weight excluding hydrogens is 473 g/mol. The number of rotatable bonds is 7. The summed E-state index contributed by atoms with van der Waals surface area (Å²) in [6.45, 7) is 1.91. The number of halogens is 3. The molecule has 190 valence electrons. The molecular formula is C22H31F3N4O4S. The lowest BCUT2D eigenvalue weighted by Crippen LogP contribution is -2.52. The van der Waals surface area contributed by atoms with Crippen molar-refractivity contribution in [3.8, 4) is 0 Å². The number of urea groups is 1. The summed E-state index contributed by atoms with van der Waals surface area (Å²) in [7, 11) is -3.59. The molecule has 3 aliphatic heterocycles. The van der Waals surface area contributed by atoms with Gasteiger partial charge < -0.3 is 20.7 Å². The number of amides is 2. The Morgan fingerprint density at radius 1 is 1.09 bits per heavy atom. The first-order valence-corrected chi connectivity index (χ1v) is 13.3. The Balaban J connectivity index is 1.32. The van der Waals surface area contributed by atoms with E-state index in [1.165, 1.54) is 0 Å². The van der Waals surface area contributed by atoms with Crippen LogP contribution in [0.15, 0.2) is 12.1 Å². The summed E-state index contributed by atoms with van der Waals surface area (Å²) in [6.07, 6.45) is 2.54. The van der Waals surface area contributed by atoms with Crippen molar-refractivity contribution in [2.45, 2.75) is 50.2 Å². The van der Waals surface area contributed by atoms with Crippen LogP contribution in [0.4, 0.5) is 18.0 Å². The van der Waals surface area contributed by atoms with E-state index in [1.807, 2.05) is 0 Å². The first-order valence-electron chi connectivity index (χ1n) is 11.7. The molecule has 3 heterocycles. The molecule has 3 aliphatic rings. The molecule has 0 saturated carbocycles. The summed E-state index contributed by atoms with van der Waals surface area (Å²) in [4.78, 5) is 13.8. The van der Waals surface area contributed by atoms with Crippen LogP contribution < -0.4 is 11.1 Å². The van der Waals surface area contributed by atoms with Crippen molar-refractivity contribution in [2.75, 3.05) is 38.6 Å². The molecule has 8 nitrogen and oxygen atoms in total. The lowest BCUT2D eigenvalue weighted by atomic mass is 9.83. The zero-order valence-electron chi connectivity index (χ0n) is 18.9. The maximum Gasteiger partial charge on any atom is 0.317 e. The maximum absolute atomic E-state index is 14.0. The third kappa shape index (κ3) is 5.50. The molecule has 2 unspecified atom stereocenters. The average Bonchev–Trinajstić information content (AvgIpc) is 3.09. The maximum atomic E-state index is 14.0. The zero-order chi connectivity index (χ0) is 24.5. The van der Waals surface area contributed by atoms with E-state index < -0.39 is 33.5 Å². The fraction of sp³-hybridized carbons (Fsp3) is 0.682. The number of nitrogens with two attached hydrogens (primary N) is 1. The molecule has 3 saturated heterocycles. The Bertz CT molecular complexity index is 992. The van der Waals surface area contributed by atoms with Crippen molar-refractivity contribution in [1.82, 2.24) is 14.5 Å². The molecule has 3 fully saturated rings. The summed E-state index contributed by atoms with van der Waals surface area (Å²) >= 11 is 0. The van der Waals surface area contributed by atoms with E-state index in [0.717, 1.165) is 6.07 Å². The fourth-order valence-corrected chi connectivity index (χ4v) is 7.25. The quantitative estimate of drug-likeness (QED) is 0.549. The van der Waals surface area contributed by atoms with Crippen LogP contribution in [-0.4, -0.2) is 80.4 Å². The molecule has 0 spiro atoms. The molecule has 0 aliphatic carbocycles. The molecule has 4 rings (SSSR count). The highest BCUT2D eigenvalue weighted by atomic mass is 32.2. The Morgan fingerprint density at radius 3 is 2.35 bits per heavy atom. The largest absolute Gasteiger partial charge is 0.378 e. The molecule has 3 N–H and O–H groups in total. The van der Waals surface area contributed by atoms with Crippen LogP contribution in [0, 0.1) is 23.4 Å². The highest BCUT2D eigenvalue weighted by Crippen LogP contribution is 2.42. The second-order valence-electron chi connectivity index (χ2n) is 9.32. The molecule has 1 aromatic carbocycles. The third-order valence-corrected chi connectivity index (χ3v) is 9.07. The Labute approximate surface area is 197 Å². The van der Waals surface area contributed by atoms with E-state index >= 15 is 0 Å². The molecule has 1 aromatic rings. The second-order valence-corrected chi connectivity index (χ2v) is 11.3. The number of piperidine rings is 1. The Hall–Kier alpha value is -1.89. The minimum atomic E-state index is -3.59. The number of carbonyl (C=O) groups is 1. The summed E-state index contributed by atoms with van der Waals surface area (Å²) in [6, 6.07) is 0.155. The highest BCUT2D eigenvalue weighted by molar-refractivity contribution is 7.89. The van der Waals surface area contributed by atoms with Crippen molar-refractivity contribution < 1.29 is 31.1 Å². The van der Waals surface area contributed by atoms with Gasteiger partial charge in [0, 0.05) is 43.8 Å². The number of benzene rings is 1. The van der Waals surface area contributed by atoms with Gasteiger partial charge in [-0.3, -0.25) is 0 Å². The van der Waals surface area contributed by atoms with E-state index in [0.29, 0.717) is 58.1 Å². The van der Waals surface area contributed by atoms with Gasteiger partial charge in [-0.05, 0) is 49.7 Å². The molecule has 34 heavy (non-hydrogen) atoms. The van der Waals surface area contributed by atoms with Gasteiger partial charge in [-0.15, -0.1) is 0 Å². The Kier molecular flexibility index (Phi) is 7.70. The summed E-state index contributed by atoms with van der Waals surface area (Å²) < 4.78 is 73.7. The zero-order valence-corrected chi connectivity index (χ0v) is 19.7. The van der Waals surface area contributed by atoms with Crippen LogP contribution in [0.5, 0.6) is 0 Å². The van der Waals surface area contributed by atoms with Gasteiger partial charge in [0.25, 0.3) is 0 Å². The standard InChI is InChI=1S/C22H31F3N4O4S/c23-18-13-20(25)19(24)11-14(18)12-21(26)15-9-16-1-2-17(10-15)29(16)34(31,32)8-3-27-22(30)28-4-6-33-7-5-28/h11,13,15-17,21H,1-10,12,26H2,(H,27,30)/t15?,16-,17+,21?. The van der Waals surface area contributed by atoms with Crippen LogP contribution in [0.3, 0.4) is 0 Å². The van der Waals surface area contributed by atoms with Gasteiger partial charge in [0.2, 0.25) is 10.0 Å². The number of sulfonamides is 1. The molecule has 0 aromatic heterocycles. The number of hydrogen-bond acceptors (Lipinski definition) is 5. The minimum Gasteiger partial charge on any atom is -0.378 e. The van der Waals surface area contributed by atoms with Gasteiger partial charge in [-0.25, -0.2) is 26.4 Å². The van der Waals surface area contributed by atoms with Crippen molar-refractivity contribution in [3.63, 3.8) is 0 Å². The van der Waals surface area contributed by atoms with E-state index in [4.69, 9.17) is 10.5 Å². The smallest absolute Gasteiger partial charge is 0.317 e. The monoisotopic (exact) mass is 504 g/mol. The van der Waals surface area contributed by atoms with Gasteiger partial charge in [-0.2, -0.15) is 4.31 Å². The molecule has 4 atom stereocenters. The first kappa shape index (κ1) is 25.2. The van der Waals surface area contributed by atoms with E-state index in [2.05, 4.69) is 5.32 Å². The minimum absolute atomic E-state index is 0.0183. The van der Waals surface area contributed by atoms with Crippen molar-refractivity contribution in [1.29, 1.82) is 0 Å². The van der Waals surface area contributed by atoms with Crippen molar-refractivity contribution in [3.05, 3.63) is 35.1 Å². The molecule has 0 radical (unpaired) electrons. The van der Waals surface area contributed by atoms with Gasteiger partial charge in [-0.1, -0.05) is 0 Å². The summed E-state index contributed by atoms with van der Waals surface area (Å²) in [5.41, 5.74) is 6.34. The molecule has 2 amide bonds. The number of nitrogens with zero attached hydrogens (tertiary/aromatic N) is 2. The van der Waals surface area contributed by atoms with Crippen molar-refractivity contribution >= 4 is 16.1 Å². The normalized spacial score (nSPS) is 26.5. The number of morpholine rings is 1. The Morgan fingerprint density at radius 2 is 1.71 bits per heavy atom. The number of ether oxygens (including phenoxy) is 1. The number of fused-ring (bicyclic) bond motifs is 2. The highest BCUT2D eigenvalue weighted by Gasteiger charge is 2.47. The van der Waals surface area contributed by atoms with Crippen LogP contribution in [-0.2, 0) is 21.2 Å². The molecule has 2 bridgehead atoms. The van der Waals surface area contributed by atoms with Crippen LogP contribution >= 0.6 is 0 Å². The van der Waals surface area contributed by atoms with Crippen LogP contribution in [0.25, 0.3) is 0 Å². The van der Waals surface area contributed by atoms with Gasteiger partial charge in [0.1, 0.15) is 5.82 Å². The number of nitrogens with one attached hydrogen (secondary N) is 1.